The number of benzene rings is 1. The minimum Gasteiger partial charge on any atom is -0.282 e. The number of rotatable bonds is 16. The van der Waals surface area contributed by atoms with Crippen molar-refractivity contribution in [1.82, 2.24) is 0 Å². The van der Waals surface area contributed by atoms with Crippen molar-refractivity contribution in [3.05, 3.63) is 29.8 Å². The summed E-state index contributed by atoms with van der Waals surface area (Å²) in [6.45, 7) is 2.26. The van der Waals surface area contributed by atoms with E-state index in [1.807, 2.05) is 6.07 Å². The molecule has 0 spiro atoms. The van der Waals surface area contributed by atoms with Gasteiger partial charge in [-0.3, -0.25) is 4.55 Å². The van der Waals surface area contributed by atoms with Crippen LogP contribution in [0.3, 0.4) is 0 Å². The predicted molar refractivity (Wildman–Crippen MR) is 116 cm³/mol. The summed E-state index contributed by atoms with van der Waals surface area (Å²) in [5, 5.41) is 0. The van der Waals surface area contributed by atoms with Gasteiger partial charge in [0.2, 0.25) is 0 Å². The van der Waals surface area contributed by atoms with Gasteiger partial charge in [-0.2, -0.15) is 8.42 Å². The number of aryl methyl sites for hydroxylation is 1. The molecule has 1 aromatic carbocycles. The van der Waals surface area contributed by atoms with Crippen LogP contribution in [-0.2, 0) is 16.5 Å². The van der Waals surface area contributed by atoms with Gasteiger partial charge < -0.3 is 0 Å². The minimum absolute atomic E-state index is 0. The molecule has 0 saturated carbocycles. The van der Waals surface area contributed by atoms with E-state index in [1.165, 1.54) is 83.1 Å². The Labute approximate surface area is 210 Å². The molecule has 0 fully saturated rings. The summed E-state index contributed by atoms with van der Waals surface area (Å²) in [4.78, 5) is 0.0645. The molecule has 151 valence electrons. The number of hydrogen-bond donors (Lipinski definition) is 1. The summed E-state index contributed by atoms with van der Waals surface area (Å²) < 4.78 is 32.0. The zero-order valence-corrected chi connectivity index (χ0v) is 21.5. The first kappa shape index (κ1) is 27.8. The molecule has 0 amide bonds. The third-order valence-corrected chi connectivity index (χ3v) is 6.00. The van der Waals surface area contributed by atoms with E-state index in [2.05, 4.69) is 6.92 Å². The largest absolute Gasteiger partial charge is 0.294 e. The van der Waals surface area contributed by atoms with Crippen LogP contribution in [0.1, 0.15) is 102 Å². The Morgan fingerprint density at radius 1 is 0.704 bits per heavy atom. The van der Waals surface area contributed by atoms with E-state index in [1.54, 1.807) is 12.1 Å². The zero-order valence-electron chi connectivity index (χ0n) is 17.6. The number of hydrogen-bond acceptors (Lipinski definition) is 2. The fourth-order valence-corrected chi connectivity index (χ4v) is 4.22. The summed E-state index contributed by atoms with van der Waals surface area (Å²) >= 11 is 0. The van der Waals surface area contributed by atoms with Crippen LogP contribution in [-0.4, -0.2) is 64.4 Å². The van der Waals surface area contributed by atoms with Crippen LogP contribution in [0.4, 0.5) is 0 Å². The van der Waals surface area contributed by atoms with E-state index in [-0.39, 0.29) is 56.3 Å². The first-order chi connectivity index (χ1) is 12.6. The van der Waals surface area contributed by atoms with E-state index in [0.29, 0.717) is 6.42 Å². The molecule has 0 bridgehead atoms. The van der Waals surface area contributed by atoms with Crippen LogP contribution in [0.15, 0.2) is 29.2 Å². The van der Waals surface area contributed by atoms with Gasteiger partial charge in [-0.15, -0.1) is 0 Å². The van der Waals surface area contributed by atoms with Crippen molar-refractivity contribution in [1.29, 1.82) is 0 Å². The normalized spacial score (nSPS) is 11.3. The summed E-state index contributed by atoms with van der Waals surface area (Å²) in [5.74, 6) is 0. The van der Waals surface area contributed by atoms with Crippen LogP contribution >= 0.6 is 0 Å². The van der Waals surface area contributed by atoms with Gasteiger partial charge in [-0.1, -0.05) is 109 Å². The molecule has 1 N–H and O–H groups in total. The third-order valence-electron chi connectivity index (χ3n) is 5.05. The van der Waals surface area contributed by atoms with Crippen molar-refractivity contribution in [3.63, 3.8) is 0 Å². The molecule has 5 heteroatoms. The molecule has 1 radical (unpaired) electrons. The van der Waals surface area contributed by atoms with Crippen LogP contribution in [0.5, 0.6) is 0 Å². The molecule has 27 heavy (non-hydrogen) atoms. The van der Waals surface area contributed by atoms with Gasteiger partial charge in [0.25, 0.3) is 10.1 Å². The molecule has 0 aliphatic carbocycles. The third kappa shape index (κ3) is 14.4. The Bertz CT molecular complexity index is 573. The van der Waals surface area contributed by atoms with Gasteiger partial charge in [0.1, 0.15) is 0 Å². The van der Waals surface area contributed by atoms with Crippen LogP contribution in [0.2, 0.25) is 0 Å². The van der Waals surface area contributed by atoms with Gasteiger partial charge in [0.05, 0.1) is 4.90 Å². The molecule has 3 nitrogen and oxygen atoms in total. The number of unbranched alkanes of at least 4 members (excludes halogenated alkanes) is 13. The first-order valence-electron chi connectivity index (χ1n) is 10.6. The van der Waals surface area contributed by atoms with Gasteiger partial charge in [0, 0.05) is 51.4 Å². The molecule has 1 rings (SSSR count). The maximum absolute atomic E-state index is 11.4. The second-order valence-corrected chi connectivity index (χ2v) is 8.82. The van der Waals surface area contributed by atoms with E-state index >= 15 is 0 Å². The van der Waals surface area contributed by atoms with E-state index in [0.717, 1.165) is 18.4 Å². The average Bonchev–Trinajstić information content (AvgIpc) is 2.61. The van der Waals surface area contributed by atoms with Crippen molar-refractivity contribution in [2.24, 2.45) is 0 Å². The Balaban J connectivity index is 0.00000676. The summed E-state index contributed by atoms with van der Waals surface area (Å²) in [5.41, 5.74) is 0.730. The van der Waals surface area contributed by atoms with E-state index < -0.39 is 10.1 Å². The van der Waals surface area contributed by atoms with Gasteiger partial charge in [0.15, 0.2) is 0 Å². The van der Waals surface area contributed by atoms with Gasteiger partial charge in [-0.05, 0) is 24.5 Å². The molecule has 0 aliphatic rings. The molecule has 0 heterocycles. The molecule has 0 unspecified atom stereocenters. The van der Waals surface area contributed by atoms with Crippen LogP contribution in [0, 0.1) is 0 Å². The van der Waals surface area contributed by atoms with Gasteiger partial charge in [-0.25, -0.2) is 0 Å². The van der Waals surface area contributed by atoms with Crippen LogP contribution in [0.25, 0.3) is 0 Å². The molecular formula is C22H38KO3S. The topological polar surface area (TPSA) is 54.4 Å². The maximum Gasteiger partial charge on any atom is 0.294 e. The standard InChI is InChI=1S/C22H38O3S.K/c1-2-3-4-5-6-7-8-9-10-11-12-13-14-15-18-21-19-16-17-20-22(21)26(23,24)25;/h16-17,19-20H,2-15,18H2,1H3,(H,23,24,25);. The van der Waals surface area contributed by atoms with Crippen molar-refractivity contribution in [2.75, 3.05) is 0 Å². The van der Waals surface area contributed by atoms with Crippen LogP contribution < -0.4 is 0 Å². The molecule has 0 saturated heterocycles. The molecule has 0 aromatic heterocycles. The second-order valence-electron chi connectivity index (χ2n) is 7.43. The Morgan fingerprint density at radius 2 is 1.11 bits per heavy atom. The zero-order chi connectivity index (χ0) is 19.1. The summed E-state index contributed by atoms with van der Waals surface area (Å²) in [7, 11) is -4.10. The minimum atomic E-state index is -4.10. The monoisotopic (exact) mass is 421 g/mol. The van der Waals surface area contributed by atoms with Crippen molar-refractivity contribution >= 4 is 61.5 Å². The fourth-order valence-electron chi connectivity index (χ4n) is 3.47. The van der Waals surface area contributed by atoms with Crippen molar-refractivity contribution in [2.45, 2.75) is 108 Å². The average molecular weight is 422 g/mol. The second kappa shape index (κ2) is 17.6. The fraction of sp³-hybridized carbons (Fsp3) is 0.727. The smallest absolute Gasteiger partial charge is 0.282 e. The Kier molecular flexibility index (Phi) is 18.1. The van der Waals surface area contributed by atoms with E-state index in [9.17, 15) is 13.0 Å². The molecular weight excluding hydrogens is 383 g/mol. The first-order valence-corrected chi connectivity index (χ1v) is 12.0. The van der Waals surface area contributed by atoms with Crippen molar-refractivity contribution in [3.8, 4) is 0 Å². The Morgan fingerprint density at radius 3 is 1.56 bits per heavy atom. The predicted octanol–water partition coefficient (Wildman–Crippen LogP) is 6.58. The molecule has 0 aliphatic heterocycles. The van der Waals surface area contributed by atoms with Crippen molar-refractivity contribution < 1.29 is 13.0 Å². The van der Waals surface area contributed by atoms with E-state index in [4.69, 9.17) is 0 Å². The molecule has 0 atom stereocenters. The maximum atomic E-state index is 11.4. The summed E-state index contributed by atoms with van der Waals surface area (Å²) in [6.07, 6.45) is 19.1. The Hall–Kier alpha value is 0.766. The quantitative estimate of drug-likeness (QED) is 0.186. The molecule has 1 aromatic rings. The van der Waals surface area contributed by atoms with Gasteiger partial charge >= 0.3 is 0 Å². The SMILES string of the molecule is CCCCCCCCCCCCCCCCc1ccccc1S(=O)(=O)O.[K]. The summed E-state index contributed by atoms with van der Waals surface area (Å²) in [6, 6.07) is 6.76.